The molecule has 1 amide bonds. The van der Waals surface area contributed by atoms with E-state index in [-0.39, 0.29) is 17.0 Å². The third-order valence-corrected chi connectivity index (χ3v) is 4.29. The van der Waals surface area contributed by atoms with Crippen molar-refractivity contribution in [3.8, 4) is 5.75 Å². The van der Waals surface area contributed by atoms with Crippen LogP contribution in [0.15, 0.2) is 58.4 Å². The smallest absolute Gasteiger partial charge is 0.338 e. The summed E-state index contributed by atoms with van der Waals surface area (Å²) in [6.45, 7) is 2.07. The number of phenolic OH excluding ortho intramolecular Hbond substituents is 1. The molecule has 3 rings (SSSR count). The molecule has 1 saturated heterocycles. The number of aliphatic imine (C=N–C) groups is 1. The first-order valence-electron chi connectivity index (χ1n) is 7.91. The Balaban J connectivity index is 1.84. The molecule has 6 nitrogen and oxygen atoms in total. The van der Waals surface area contributed by atoms with Gasteiger partial charge in [0.25, 0.3) is 5.24 Å². The van der Waals surface area contributed by atoms with Crippen LogP contribution < -0.4 is 5.32 Å². The van der Waals surface area contributed by atoms with E-state index in [2.05, 4.69) is 10.3 Å². The van der Waals surface area contributed by atoms with Gasteiger partial charge in [-0.2, -0.15) is 0 Å². The number of carbonyl (C=O) groups excluding carboxylic acids is 2. The average Bonchev–Trinajstić information content (AvgIpc) is 2.97. The van der Waals surface area contributed by atoms with Crippen molar-refractivity contribution < 1.29 is 19.4 Å². The third kappa shape index (κ3) is 4.31. The lowest BCUT2D eigenvalue weighted by molar-refractivity contribution is 0.0526. The maximum atomic E-state index is 11.7. The van der Waals surface area contributed by atoms with E-state index in [4.69, 9.17) is 4.74 Å². The maximum absolute atomic E-state index is 11.7. The topological polar surface area (TPSA) is 88.0 Å². The van der Waals surface area contributed by atoms with E-state index < -0.39 is 0 Å². The second-order valence-electron chi connectivity index (χ2n) is 5.34. The van der Waals surface area contributed by atoms with Gasteiger partial charge >= 0.3 is 5.97 Å². The van der Waals surface area contributed by atoms with Crippen molar-refractivity contribution in [3.63, 3.8) is 0 Å². The molecule has 0 atom stereocenters. The molecular weight excluding hydrogens is 352 g/mol. The summed E-state index contributed by atoms with van der Waals surface area (Å²) in [5, 5.41) is 11.8. The summed E-state index contributed by atoms with van der Waals surface area (Å²) in [6, 6.07) is 13.3. The molecule has 0 radical (unpaired) electrons. The minimum Gasteiger partial charge on any atom is -0.508 e. The number of phenols is 1. The van der Waals surface area contributed by atoms with E-state index in [0.717, 1.165) is 17.3 Å². The van der Waals surface area contributed by atoms with Crippen molar-refractivity contribution in [2.45, 2.75) is 6.92 Å². The van der Waals surface area contributed by atoms with Gasteiger partial charge in [0, 0.05) is 0 Å². The molecule has 1 aliphatic rings. The van der Waals surface area contributed by atoms with Crippen LogP contribution in [0.5, 0.6) is 5.75 Å². The first-order chi connectivity index (χ1) is 12.5. The zero-order chi connectivity index (χ0) is 18.5. The van der Waals surface area contributed by atoms with Crippen LogP contribution in [0.4, 0.5) is 10.5 Å². The van der Waals surface area contributed by atoms with Crippen LogP contribution in [-0.2, 0) is 4.74 Å². The second-order valence-corrected chi connectivity index (χ2v) is 6.36. The molecule has 7 heteroatoms. The predicted molar refractivity (Wildman–Crippen MR) is 102 cm³/mol. The number of benzene rings is 2. The molecule has 132 valence electrons. The van der Waals surface area contributed by atoms with Crippen LogP contribution in [0.2, 0.25) is 0 Å². The van der Waals surface area contributed by atoms with E-state index in [0.29, 0.717) is 28.6 Å². The fourth-order valence-electron chi connectivity index (χ4n) is 2.25. The number of hydrogen-bond donors (Lipinski definition) is 2. The molecule has 2 aromatic rings. The summed E-state index contributed by atoms with van der Waals surface area (Å²) in [7, 11) is 0. The Hall–Kier alpha value is -3.06. The molecule has 0 saturated carbocycles. The van der Waals surface area contributed by atoms with Crippen molar-refractivity contribution in [1.82, 2.24) is 5.32 Å². The Labute approximate surface area is 154 Å². The van der Waals surface area contributed by atoms with Crippen LogP contribution in [0, 0.1) is 0 Å². The standard InChI is InChI=1S/C19H16N2O4S/c1-2-25-18(23)13-5-7-14(8-6-13)20-17-16(26-19(24)21-17)11-12-3-9-15(22)10-4-12/h3-11,22H,2H2,1H3,(H,20,21,24)/b16-11-. The first-order valence-corrected chi connectivity index (χ1v) is 8.72. The molecule has 1 heterocycles. The highest BCUT2D eigenvalue weighted by molar-refractivity contribution is 8.18. The van der Waals surface area contributed by atoms with Crippen molar-refractivity contribution in [3.05, 3.63) is 64.6 Å². The molecule has 0 unspecified atom stereocenters. The molecular formula is C19H16N2O4S. The number of carbonyl (C=O) groups is 2. The van der Waals surface area contributed by atoms with Crippen LogP contribution >= 0.6 is 11.8 Å². The van der Waals surface area contributed by atoms with Gasteiger partial charge in [-0.1, -0.05) is 12.1 Å². The number of nitrogens with one attached hydrogen (secondary N) is 1. The fourth-order valence-corrected chi connectivity index (χ4v) is 2.99. The zero-order valence-corrected chi connectivity index (χ0v) is 14.7. The Kier molecular flexibility index (Phi) is 5.38. The number of amidine groups is 1. The SMILES string of the molecule is CCOC(=O)c1ccc(N=C2NC(=O)S/C2=C\c2ccc(O)cc2)cc1. The lowest BCUT2D eigenvalue weighted by atomic mass is 10.2. The highest BCUT2D eigenvalue weighted by Crippen LogP contribution is 2.29. The molecule has 1 fully saturated rings. The number of hydrogen-bond acceptors (Lipinski definition) is 6. The summed E-state index contributed by atoms with van der Waals surface area (Å²) in [5.41, 5.74) is 1.89. The molecule has 26 heavy (non-hydrogen) atoms. The fraction of sp³-hybridized carbons (Fsp3) is 0.105. The van der Waals surface area contributed by atoms with Crippen molar-refractivity contribution in [2.75, 3.05) is 6.61 Å². The van der Waals surface area contributed by atoms with Gasteiger partial charge in [0.05, 0.1) is 22.8 Å². The number of thioether (sulfide) groups is 1. The average molecular weight is 368 g/mol. The largest absolute Gasteiger partial charge is 0.508 e. The number of amides is 1. The number of nitrogens with zero attached hydrogens (tertiary/aromatic N) is 1. The summed E-state index contributed by atoms with van der Waals surface area (Å²) in [6.07, 6.45) is 1.81. The predicted octanol–water partition coefficient (Wildman–Crippen LogP) is 4.10. The number of ether oxygens (including phenoxy) is 1. The van der Waals surface area contributed by atoms with E-state index in [9.17, 15) is 14.7 Å². The van der Waals surface area contributed by atoms with Crippen LogP contribution in [0.1, 0.15) is 22.8 Å². The molecule has 2 N–H and O–H groups in total. The van der Waals surface area contributed by atoms with Crippen LogP contribution in [-0.4, -0.2) is 28.8 Å². The Morgan fingerprint density at radius 1 is 1.19 bits per heavy atom. The number of esters is 1. The van der Waals surface area contributed by atoms with E-state index in [1.807, 2.05) is 6.08 Å². The zero-order valence-electron chi connectivity index (χ0n) is 13.9. The van der Waals surface area contributed by atoms with E-state index in [1.165, 1.54) is 0 Å². The van der Waals surface area contributed by atoms with Crippen molar-refractivity contribution in [1.29, 1.82) is 0 Å². The van der Waals surface area contributed by atoms with Gasteiger partial charge in [0.1, 0.15) is 11.6 Å². The molecule has 0 aliphatic carbocycles. The molecule has 0 spiro atoms. The normalized spacial score (nSPS) is 16.7. The summed E-state index contributed by atoms with van der Waals surface area (Å²) in [4.78, 5) is 28.5. The van der Waals surface area contributed by atoms with Gasteiger partial charge in [0.15, 0.2) is 0 Å². The number of rotatable bonds is 4. The highest BCUT2D eigenvalue weighted by Gasteiger charge is 2.23. The summed E-state index contributed by atoms with van der Waals surface area (Å²) < 4.78 is 4.95. The lowest BCUT2D eigenvalue weighted by Gasteiger charge is -2.03. The van der Waals surface area contributed by atoms with E-state index >= 15 is 0 Å². The third-order valence-electron chi connectivity index (χ3n) is 3.47. The minimum absolute atomic E-state index is 0.177. The van der Waals surface area contributed by atoms with Gasteiger partial charge in [-0.3, -0.25) is 4.79 Å². The Morgan fingerprint density at radius 3 is 2.54 bits per heavy atom. The van der Waals surface area contributed by atoms with Crippen LogP contribution in [0.3, 0.4) is 0 Å². The Bertz CT molecular complexity index is 887. The maximum Gasteiger partial charge on any atom is 0.338 e. The highest BCUT2D eigenvalue weighted by atomic mass is 32.2. The van der Waals surface area contributed by atoms with Gasteiger partial charge in [-0.15, -0.1) is 0 Å². The molecule has 1 aliphatic heterocycles. The van der Waals surface area contributed by atoms with Crippen molar-refractivity contribution >= 4 is 40.6 Å². The van der Waals surface area contributed by atoms with Crippen LogP contribution in [0.25, 0.3) is 6.08 Å². The second kappa shape index (κ2) is 7.88. The van der Waals surface area contributed by atoms with Gasteiger partial charge in [-0.25, -0.2) is 9.79 Å². The lowest BCUT2D eigenvalue weighted by Crippen LogP contribution is -2.18. The van der Waals surface area contributed by atoms with Gasteiger partial charge < -0.3 is 15.2 Å². The summed E-state index contributed by atoms with van der Waals surface area (Å²) >= 11 is 1.05. The summed E-state index contributed by atoms with van der Waals surface area (Å²) in [5.74, 6) is 0.234. The van der Waals surface area contributed by atoms with Gasteiger partial charge in [-0.05, 0) is 66.7 Å². The van der Waals surface area contributed by atoms with Crippen molar-refractivity contribution in [2.24, 2.45) is 4.99 Å². The quantitative estimate of drug-likeness (QED) is 0.794. The van der Waals surface area contributed by atoms with Gasteiger partial charge in [0.2, 0.25) is 0 Å². The minimum atomic E-state index is -0.385. The molecule has 0 bridgehead atoms. The number of aromatic hydroxyl groups is 1. The first kappa shape index (κ1) is 17.8. The Morgan fingerprint density at radius 2 is 1.88 bits per heavy atom. The molecule has 2 aromatic carbocycles. The monoisotopic (exact) mass is 368 g/mol. The molecule has 0 aromatic heterocycles. The van der Waals surface area contributed by atoms with E-state index in [1.54, 1.807) is 55.5 Å².